The van der Waals surface area contributed by atoms with Crippen molar-refractivity contribution in [2.24, 2.45) is 5.73 Å². The summed E-state index contributed by atoms with van der Waals surface area (Å²) in [5.74, 6) is -0.179. The number of allylic oxidation sites excluding steroid dienone is 2. The van der Waals surface area contributed by atoms with E-state index in [0.717, 1.165) is 12.1 Å². The molecule has 5 N–H and O–H groups in total. The van der Waals surface area contributed by atoms with E-state index in [1.54, 1.807) is 6.07 Å². The molecule has 17 heavy (non-hydrogen) atoms. The molecule has 1 aliphatic heterocycles. The standard InChI is InChI=1S/C8H11NO2.C5H7N/c9-4-3-6-1-2-7(10)8(11)5-6;1-2-4-6-5-3-1/h1-2,5,10-11H,3-4,9H2;1-4,6H,5H2. The molecule has 0 spiro atoms. The number of aromatic hydroxyl groups is 2. The van der Waals surface area contributed by atoms with Crippen molar-refractivity contribution in [3.63, 3.8) is 0 Å². The molecular weight excluding hydrogens is 216 g/mol. The van der Waals surface area contributed by atoms with E-state index in [2.05, 4.69) is 11.4 Å². The van der Waals surface area contributed by atoms with E-state index < -0.39 is 0 Å². The Kier molecular flexibility index (Phi) is 5.68. The van der Waals surface area contributed by atoms with Crippen molar-refractivity contribution >= 4 is 0 Å². The van der Waals surface area contributed by atoms with Gasteiger partial charge < -0.3 is 21.3 Å². The van der Waals surface area contributed by atoms with Crippen LogP contribution < -0.4 is 11.1 Å². The summed E-state index contributed by atoms with van der Waals surface area (Å²) < 4.78 is 0. The average molecular weight is 234 g/mol. The Bertz CT molecular complexity index is 388. The van der Waals surface area contributed by atoms with Crippen molar-refractivity contribution in [3.05, 3.63) is 48.2 Å². The van der Waals surface area contributed by atoms with Gasteiger partial charge in [-0.05, 0) is 42.9 Å². The molecule has 0 atom stereocenters. The van der Waals surface area contributed by atoms with E-state index in [1.165, 1.54) is 12.1 Å². The lowest BCUT2D eigenvalue weighted by molar-refractivity contribution is 0.403. The van der Waals surface area contributed by atoms with Crippen molar-refractivity contribution in [1.29, 1.82) is 0 Å². The average Bonchev–Trinajstić information content (AvgIpc) is 2.37. The monoisotopic (exact) mass is 234 g/mol. The van der Waals surface area contributed by atoms with Crippen molar-refractivity contribution in [3.8, 4) is 11.5 Å². The van der Waals surface area contributed by atoms with Gasteiger partial charge in [-0.1, -0.05) is 18.2 Å². The van der Waals surface area contributed by atoms with Crippen LogP contribution in [0.4, 0.5) is 0 Å². The number of phenols is 2. The van der Waals surface area contributed by atoms with Crippen LogP contribution in [-0.4, -0.2) is 23.3 Å². The molecule has 0 radical (unpaired) electrons. The quantitative estimate of drug-likeness (QED) is 0.581. The second-order valence-electron chi connectivity index (χ2n) is 3.56. The molecule has 2 rings (SSSR count). The van der Waals surface area contributed by atoms with Gasteiger partial charge in [0.1, 0.15) is 0 Å². The van der Waals surface area contributed by atoms with E-state index in [0.29, 0.717) is 13.0 Å². The number of benzene rings is 1. The maximum Gasteiger partial charge on any atom is 0.157 e. The third kappa shape index (κ3) is 5.08. The Morgan fingerprint density at radius 2 is 2.00 bits per heavy atom. The summed E-state index contributed by atoms with van der Waals surface area (Å²) in [7, 11) is 0. The molecule has 0 amide bonds. The second-order valence-corrected chi connectivity index (χ2v) is 3.56. The SMILES string of the molecule is C1=CCNC=C1.NCCc1ccc(O)c(O)c1. The number of hydrogen-bond donors (Lipinski definition) is 4. The van der Waals surface area contributed by atoms with E-state index >= 15 is 0 Å². The summed E-state index contributed by atoms with van der Waals surface area (Å²) in [5.41, 5.74) is 6.24. The van der Waals surface area contributed by atoms with Crippen LogP contribution in [0.25, 0.3) is 0 Å². The molecule has 0 bridgehead atoms. The molecule has 0 saturated carbocycles. The van der Waals surface area contributed by atoms with Gasteiger partial charge >= 0.3 is 0 Å². The number of hydrogen-bond acceptors (Lipinski definition) is 4. The van der Waals surface area contributed by atoms with Gasteiger partial charge in [-0.15, -0.1) is 0 Å². The summed E-state index contributed by atoms with van der Waals surface area (Å²) in [4.78, 5) is 0. The fraction of sp³-hybridized carbons (Fsp3) is 0.231. The van der Waals surface area contributed by atoms with Crippen molar-refractivity contribution in [1.82, 2.24) is 5.32 Å². The van der Waals surface area contributed by atoms with Crippen LogP contribution in [0.15, 0.2) is 42.6 Å². The summed E-state index contributed by atoms with van der Waals surface area (Å²) in [6.07, 6.45) is 8.72. The minimum absolute atomic E-state index is 0.0871. The molecular formula is C13H18N2O2. The Balaban J connectivity index is 0.000000202. The zero-order valence-electron chi connectivity index (χ0n) is 9.63. The number of rotatable bonds is 2. The number of nitrogens with two attached hydrogens (primary N) is 1. The first-order chi connectivity index (χ1) is 8.24. The number of phenolic OH excluding ortho intramolecular Hbond substituents is 2. The zero-order chi connectivity index (χ0) is 12.5. The van der Waals surface area contributed by atoms with Gasteiger partial charge in [-0.25, -0.2) is 0 Å². The van der Waals surface area contributed by atoms with Crippen molar-refractivity contribution in [2.75, 3.05) is 13.1 Å². The van der Waals surface area contributed by atoms with Crippen LogP contribution in [0.5, 0.6) is 11.5 Å². The van der Waals surface area contributed by atoms with Gasteiger partial charge in [0.05, 0.1) is 0 Å². The third-order valence-corrected chi connectivity index (χ3v) is 2.17. The maximum atomic E-state index is 9.04. The van der Waals surface area contributed by atoms with Gasteiger partial charge in [0, 0.05) is 6.54 Å². The molecule has 4 nitrogen and oxygen atoms in total. The van der Waals surface area contributed by atoms with E-state index in [9.17, 15) is 0 Å². The lowest BCUT2D eigenvalue weighted by atomic mass is 10.1. The van der Waals surface area contributed by atoms with Crippen LogP contribution in [0.1, 0.15) is 5.56 Å². The molecule has 0 aliphatic carbocycles. The van der Waals surface area contributed by atoms with Gasteiger partial charge in [0.25, 0.3) is 0 Å². The Morgan fingerprint density at radius 3 is 2.41 bits per heavy atom. The van der Waals surface area contributed by atoms with Gasteiger partial charge in [0.15, 0.2) is 11.5 Å². The minimum atomic E-state index is -0.0919. The van der Waals surface area contributed by atoms with Crippen LogP contribution in [-0.2, 0) is 6.42 Å². The fourth-order valence-electron chi connectivity index (χ4n) is 1.30. The van der Waals surface area contributed by atoms with Gasteiger partial charge in [-0.3, -0.25) is 0 Å². The largest absolute Gasteiger partial charge is 0.504 e. The zero-order valence-corrected chi connectivity index (χ0v) is 9.63. The van der Waals surface area contributed by atoms with Gasteiger partial charge in [0.2, 0.25) is 0 Å². The first kappa shape index (κ1) is 13.1. The highest BCUT2D eigenvalue weighted by molar-refractivity contribution is 5.40. The number of nitrogens with one attached hydrogen (secondary N) is 1. The third-order valence-electron chi connectivity index (χ3n) is 2.17. The Labute approximate surface area is 101 Å². The highest BCUT2D eigenvalue weighted by Gasteiger charge is 1.98. The van der Waals surface area contributed by atoms with E-state index in [1.807, 2.05) is 18.4 Å². The van der Waals surface area contributed by atoms with Crippen LogP contribution in [0, 0.1) is 0 Å². The lowest BCUT2D eigenvalue weighted by Gasteiger charge is -2.00. The van der Waals surface area contributed by atoms with Crippen LogP contribution in [0.2, 0.25) is 0 Å². The molecule has 0 unspecified atom stereocenters. The predicted molar refractivity (Wildman–Crippen MR) is 68.8 cm³/mol. The second kappa shape index (κ2) is 7.35. The molecule has 1 aromatic rings. The maximum absolute atomic E-state index is 9.04. The molecule has 0 saturated heterocycles. The normalized spacial score (nSPS) is 12.5. The minimum Gasteiger partial charge on any atom is -0.504 e. The first-order valence-corrected chi connectivity index (χ1v) is 5.50. The summed E-state index contributed by atoms with van der Waals surface area (Å²) in [6.45, 7) is 1.53. The topological polar surface area (TPSA) is 78.5 Å². The van der Waals surface area contributed by atoms with Crippen molar-refractivity contribution < 1.29 is 10.2 Å². The molecule has 92 valence electrons. The molecule has 0 fully saturated rings. The summed E-state index contributed by atoms with van der Waals surface area (Å²) >= 11 is 0. The lowest BCUT2D eigenvalue weighted by Crippen LogP contribution is -2.05. The Hall–Kier alpha value is -1.94. The molecule has 0 aromatic heterocycles. The van der Waals surface area contributed by atoms with Crippen LogP contribution in [0.3, 0.4) is 0 Å². The highest BCUT2D eigenvalue weighted by atomic mass is 16.3. The van der Waals surface area contributed by atoms with Gasteiger partial charge in [-0.2, -0.15) is 0 Å². The van der Waals surface area contributed by atoms with E-state index in [4.69, 9.17) is 15.9 Å². The number of dihydropyridines is 1. The summed E-state index contributed by atoms with van der Waals surface area (Å²) in [6, 6.07) is 4.71. The predicted octanol–water partition coefficient (Wildman–Crippen LogP) is 1.26. The van der Waals surface area contributed by atoms with E-state index in [-0.39, 0.29) is 11.5 Å². The Morgan fingerprint density at radius 1 is 1.18 bits per heavy atom. The molecule has 1 heterocycles. The molecule has 4 heteroatoms. The van der Waals surface area contributed by atoms with Crippen LogP contribution >= 0.6 is 0 Å². The smallest absolute Gasteiger partial charge is 0.157 e. The fourth-order valence-corrected chi connectivity index (χ4v) is 1.30. The molecule has 1 aliphatic rings. The van der Waals surface area contributed by atoms with Crippen molar-refractivity contribution in [2.45, 2.75) is 6.42 Å². The highest BCUT2D eigenvalue weighted by Crippen LogP contribution is 2.24. The summed E-state index contributed by atoms with van der Waals surface area (Å²) in [5, 5.41) is 21.0. The first-order valence-electron chi connectivity index (χ1n) is 5.50. The molecule has 1 aromatic carbocycles.